The van der Waals surface area contributed by atoms with Gasteiger partial charge in [-0.05, 0) is 18.1 Å². The molecule has 0 aliphatic carbocycles. The zero-order valence-corrected chi connectivity index (χ0v) is 9.12. The highest BCUT2D eigenvalue weighted by Crippen LogP contribution is 2.09. The highest BCUT2D eigenvalue weighted by atomic mass is 19.1. The summed E-state index contributed by atoms with van der Waals surface area (Å²) in [6.45, 7) is -0.0187. The molecule has 0 aromatic heterocycles. The van der Waals surface area contributed by atoms with Gasteiger partial charge in [-0.15, -0.1) is 0 Å². The van der Waals surface area contributed by atoms with Crippen LogP contribution < -0.4 is 11.1 Å². The van der Waals surface area contributed by atoms with Crippen LogP contribution in [0.4, 0.5) is 8.78 Å². The topological polar surface area (TPSA) is 75.3 Å². The molecule has 0 fully saturated rings. The minimum Gasteiger partial charge on any atom is -0.382 e. The number of aliphatic hydroxyl groups is 1. The average molecular weight is 244 g/mol. The van der Waals surface area contributed by atoms with Crippen molar-refractivity contribution in [2.45, 2.75) is 12.5 Å². The number of nitrogens with two attached hydrogens (primary N) is 1. The van der Waals surface area contributed by atoms with Crippen molar-refractivity contribution in [3.8, 4) is 0 Å². The van der Waals surface area contributed by atoms with Gasteiger partial charge in [0, 0.05) is 19.2 Å². The van der Waals surface area contributed by atoms with E-state index in [1.807, 2.05) is 0 Å². The van der Waals surface area contributed by atoms with E-state index < -0.39 is 23.6 Å². The second-order valence-corrected chi connectivity index (χ2v) is 3.53. The first-order chi connectivity index (χ1) is 8.04. The number of benzene rings is 1. The standard InChI is InChI=1S/C11H14F2N2O2/c12-8-2-1-7(9(13)5-8)3-4-15-11(17)10(16)6-14/h1-2,5,10,16H,3-4,6,14H2,(H,15,17). The number of amides is 1. The number of nitrogens with one attached hydrogen (secondary N) is 1. The molecule has 0 heterocycles. The number of halogens is 2. The average Bonchev–Trinajstić information content (AvgIpc) is 2.30. The number of carbonyl (C=O) groups excluding carboxylic acids is 1. The Kier molecular flexibility index (Phi) is 4.99. The van der Waals surface area contributed by atoms with Crippen LogP contribution in [0.3, 0.4) is 0 Å². The third kappa shape index (κ3) is 4.08. The van der Waals surface area contributed by atoms with E-state index in [4.69, 9.17) is 10.8 Å². The molecule has 1 aromatic carbocycles. The highest BCUT2D eigenvalue weighted by molar-refractivity contribution is 5.80. The fourth-order valence-electron chi connectivity index (χ4n) is 1.27. The molecule has 6 heteroatoms. The Morgan fingerprint density at radius 1 is 1.47 bits per heavy atom. The highest BCUT2D eigenvalue weighted by Gasteiger charge is 2.12. The van der Waals surface area contributed by atoms with Crippen molar-refractivity contribution in [2.24, 2.45) is 5.73 Å². The van der Waals surface area contributed by atoms with Gasteiger partial charge < -0.3 is 16.2 Å². The van der Waals surface area contributed by atoms with Crippen LogP contribution in [0.25, 0.3) is 0 Å². The van der Waals surface area contributed by atoms with Gasteiger partial charge >= 0.3 is 0 Å². The number of hydrogen-bond donors (Lipinski definition) is 3. The van der Waals surface area contributed by atoms with Crippen LogP contribution in [0.1, 0.15) is 5.56 Å². The molecule has 4 nitrogen and oxygen atoms in total. The molecule has 0 aliphatic rings. The molecule has 1 amide bonds. The first-order valence-corrected chi connectivity index (χ1v) is 5.14. The van der Waals surface area contributed by atoms with Crippen LogP contribution in [0, 0.1) is 11.6 Å². The molecule has 17 heavy (non-hydrogen) atoms. The minimum absolute atomic E-state index is 0.151. The Hall–Kier alpha value is -1.53. The predicted octanol–water partition coefficient (Wildman–Crippen LogP) is -0.0569. The summed E-state index contributed by atoms with van der Waals surface area (Å²) in [5.74, 6) is -1.90. The summed E-state index contributed by atoms with van der Waals surface area (Å²) in [5, 5.41) is 11.4. The lowest BCUT2D eigenvalue weighted by Crippen LogP contribution is -2.40. The van der Waals surface area contributed by atoms with Gasteiger partial charge in [-0.2, -0.15) is 0 Å². The number of hydrogen-bond acceptors (Lipinski definition) is 3. The summed E-state index contributed by atoms with van der Waals surface area (Å²) < 4.78 is 25.8. The second kappa shape index (κ2) is 6.27. The number of aliphatic hydroxyl groups excluding tert-OH is 1. The molecule has 0 radical (unpaired) electrons. The molecular formula is C11H14F2N2O2. The second-order valence-electron chi connectivity index (χ2n) is 3.53. The van der Waals surface area contributed by atoms with Crippen LogP contribution in [-0.2, 0) is 11.2 Å². The number of rotatable bonds is 5. The van der Waals surface area contributed by atoms with Crippen LogP contribution in [0.5, 0.6) is 0 Å². The molecule has 1 rings (SSSR count). The van der Waals surface area contributed by atoms with Crippen molar-refractivity contribution in [2.75, 3.05) is 13.1 Å². The molecule has 94 valence electrons. The van der Waals surface area contributed by atoms with Crippen LogP contribution in [0.2, 0.25) is 0 Å². The maximum Gasteiger partial charge on any atom is 0.250 e. The van der Waals surface area contributed by atoms with Crippen molar-refractivity contribution in [1.29, 1.82) is 0 Å². The van der Waals surface area contributed by atoms with Gasteiger partial charge in [0.2, 0.25) is 5.91 Å². The van der Waals surface area contributed by atoms with Gasteiger partial charge in [-0.1, -0.05) is 6.07 Å². The van der Waals surface area contributed by atoms with Crippen molar-refractivity contribution < 1.29 is 18.7 Å². The van der Waals surface area contributed by atoms with E-state index in [0.717, 1.165) is 12.1 Å². The van der Waals surface area contributed by atoms with E-state index in [0.29, 0.717) is 5.56 Å². The van der Waals surface area contributed by atoms with Crippen molar-refractivity contribution in [3.05, 3.63) is 35.4 Å². The summed E-state index contributed by atoms with van der Waals surface area (Å²) in [6, 6.07) is 3.25. The van der Waals surface area contributed by atoms with Crippen molar-refractivity contribution in [3.63, 3.8) is 0 Å². The summed E-state index contributed by atoms with van der Waals surface area (Å²) in [7, 11) is 0. The lowest BCUT2D eigenvalue weighted by Gasteiger charge is -2.09. The third-order valence-corrected chi connectivity index (χ3v) is 2.23. The lowest BCUT2D eigenvalue weighted by atomic mass is 10.1. The zero-order chi connectivity index (χ0) is 12.8. The summed E-state index contributed by atoms with van der Waals surface area (Å²) >= 11 is 0. The van der Waals surface area contributed by atoms with Gasteiger partial charge in [0.15, 0.2) is 0 Å². The van der Waals surface area contributed by atoms with E-state index >= 15 is 0 Å². The molecule has 1 unspecified atom stereocenters. The third-order valence-electron chi connectivity index (χ3n) is 2.23. The molecular weight excluding hydrogens is 230 g/mol. The van der Waals surface area contributed by atoms with Gasteiger partial charge in [-0.25, -0.2) is 8.78 Å². The Labute approximate surface area is 97.4 Å². The fraction of sp³-hybridized carbons (Fsp3) is 0.364. The first kappa shape index (κ1) is 13.5. The van der Waals surface area contributed by atoms with E-state index in [1.165, 1.54) is 6.07 Å². The maximum absolute atomic E-state index is 13.2. The van der Waals surface area contributed by atoms with E-state index in [2.05, 4.69) is 5.32 Å². The van der Waals surface area contributed by atoms with E-state index in [9.17, 15) is 13.6 Å². The van der Waals surface area contributed by atoms with Gasteiger partial charge in [0.1, 0.15) is 17.7 Å². The molecule has 4 N–H and O–H groups in total. The van der Waals surface area contributed by atoms with Crippen molar-refractivity contribution in [1.82, 2.24) is 5.32 Å². The molecule has 1 aromatic rings. The zero-order valence-electron chi connectivity index (χ0n) is 9.12. The molecule has 0 saturated heterocycles. The van der Waals surface area contributed by atoms with E-state index in [1.54, 1.807) is 0 Å². The Bertz CT molecular complexity index is 399. The normalized spacial score (nSPS) is 12.2. The SMILES string of the molecule is NCC(O)C(=O)NCCc1ccc(F)cc1F. The predicted molar refractivity (Wildman–Crippen MR) is 58.1 cm³/mol. The molecule has 1 atom stereocenters. The molecule has 0 bridgehead atoms. The first-order valence-electron chi connectivity index (χ1n) is 5.14. The summed E-state index contributed by atoms with van der Waals surface area (Å²) in [4.78, 5) is 11.1. The van der Waals surface area contributed by atoms with Gasteiger partial charge in [0.05, 0.1) is 0 Å². The Morgan fingerprint density at radius 3 is 2.76 bits per heavy atom. The fourth-order valence-corrected chi connectivity index (χ4v) is 1.27. The quantitative estimate of drug-likeness (QED) is 0.679. The summed E-state index contributed by atoms with van der Waals surface area (Å²) in [6.07, 6.45) is -1.04. The maximum atomic E-state index is 13.2. The van der Waals surface area contributed by atoms with Crippen LogP contribution in [0.15, 0.2) is 18.2 Å². The van der Waals surface area contributed by atoms with Gasteiger partial charge in [0.25, 0.3) is 0 Å². The largest absolute Gasteiger partial charge is 0.382 e. The molecule has 0 saturated carbocycles. The Balaban J connectivity index is 2.43. The van der Waals surface area contributed by atoms with Crippen molar-refractivity contribution >= 4 is 5.91 Å². The minimum atomic E-state index is -1.26. The van der Waals surface area contributed by atoms with Crippen LogP contribution in [-0.4, -0.2) is 30.2 Å². The lowest BCUT2D eigenvalue weighted by molar-refractivity contribution is -0.128. The Morgan fingerprint density at radius 2 is 2.18 bits per heavy atom. The van der Waals surface area contributed by atoms with Gasteiger partial charge in [-0.3, -0.25) is 4.79 Å². The molecule has 0 spiro atoms. The monoisotopic (exact) mass is 244 g/mol. The van der Waals surface area contributed by atoms with E-state index in [-0.39, 0.29) is 19.5 Å². The smallest absolute Gasteiger partial charge is 0.250 e. The van der Waals surface area contributed by atoms with Crippen LogP contribution >= 0.6 is 0 Å². The summed E-state index contributed by atoms with van der Waals surface area (Å²) in [5.41, 5.74) is 5.38. The number of carbonyl (C=O) groups is 1. The molecule has 0 aliphatic heterocycles.